The number of halogens is 4. The Morgan fingerprint density at radius 1 is 1.19 bits per heavy atom. The van der Waals surface area contributed by atoms with Crippen molar-refractivity contribution in [2.24, 2.45) is 0 Å². The standard InChI is InChI=1S/C14H7Cl2F2NO2/c15-12-6-10(8-2-1-7(17)5-11(8)18)9(14(16)19-12)3-4-13(20)21/h1-6H,(H,20,21). The van der Waals surface area contributed by atoms with Crippen LogP contribution in [-0.4, -0.2) is 16.1 Å². The number of hydrogen-bond acceptors (Lipinski definition) is 2. The smallest absolute Gasteiger partial charge is 0.328 e. The van der Waals surface area contributed by atoms with Crippen molar-refractivity contribution in [1.82, 2.24) is 4.98 Å². The van der Waals surface area contributed by atoms with Crippen LogP contribution in [0.3, 0.4) is 0 Å². The summed E-state index contributed by atoms with van der Waals surface area (Å²) >= 11 is 11.7. The Balaban J connectivity index is 2.69. The number of pyridine rings is 1. The number of benzene rings is 1. The Kier molecular flexibility index (Phi) is 4.55. The van der Waals surface area contributed by atoms with Crippen LogP contribution in [0.2, 0.25) is 10.3 Å². The number of aromatic nitrogens is 1. The molecule has 7 heteroatoms. The summed E-state index contributed by atoms with van der Waals surface area (Å²) in [6.07, 6.45) is 2.01. The molecular formula is C14H7Cl2F2NO2. The third-order valence-corrected chi connectivity index (χ3v) is 3.08. The van der Waals surface area contributed by atoms with Crippen molar-refractivity contribution in [2.75, 3.05) is 0 Å². The molecule has 1 aromatic carbocycles. The van der Waals surface area contributed by atoms with Gasteiger partial charge in [-0.2, -0.15) is 0 Å². The molecule has 0 saturated carbocycles. The Bertz CT molecular complexity index is 748. The molecule has 3 nitrogen and oxygen atoms in total. The topological polar surface area (TPSA) is 50.2 Å². The van der Waals surface area contributed by atoms with Crippen molar-refractivity contribution in [3.63, 3.8) is 0 Å². The van der Waals surface area contributed by atoms with Gasteiger partial charge in [-0.25, -0.2) is 18.6 Å². The predicted octanol–water partition coefficient (Wildman–Crippen LogP) is 4.43. The molecule has 2 aromatic rings. The minimum Gasteiger partial charge on any atom is -0.478 e. The maximum absolute atomic E-state index is 13.9. The van der Waals surface area contributed by atoms with Gasteiger partial charge < -0.3 is 5.11 Å². The Morgan fingerprint density at radius 2 is 1.90 bits per heavy atom. The summed E-state index contributed by atoms with van der Waals surface area (Å²) in [5.74, 6) is -2.75. The van der Waals surface area contributed by atoms with Crippen LogP contribution < -0.4 is 0 Å². The molecule has 0 radical (unpaired) electrons. The number of carboxylic acids is 1. The first-order valence-electron chi connectivity index (χ1n) is 5.61. The van der Waals surface area contributed by atoms with Crippen LogP contribution in [0.1, 0.15) is 5.56 Å². The molecule has 0 amide bonds. The molecule has 0 fully saturated rings. The summed E-state index contributed by atoms with van der Waals surface area (Å²) in [6, 6.07) is 4.32. The van der Waals surface area contributed by atoms with Crippen LogP contribution in [-0.2, 0) is 4.79 Å². The van der Waals surface area contributed by atoms with Gasteiger partial charge in [-0.1, -0.05) is 23.2 Å². The van der Waals surface area contributed by atoms with E-state index in [1.165, 1.54) is 18.2 Å². The van der Waals surface area contributed by atoms with Crippen LogP contribution in [0, 0.1) is 11.6 Å². The minimum atomic E-state index is -1.20. The van der Waals surface area contributed by atoms with E-state index in [-0.39, 0.29) is 27.0 Å². The fraction of sp³-hybridized carbons (Fsp3) is 0. The molecule has 108 valence electrons. The van der Waals surface area contributed by atoms with Crippen molar-refractivity contribution < 1.29 is 18.7 Å². The van der Waals surface area contributed by atoms with Gasteiger partial charge in [0.1, 0.15) is 21.9 Å². The lowest BCUT2D eigenvalue weighted by Crippen LogP contribution is -1.94. The molecule has 0 aliphatic rings. The summed E-state index contributed by atoms with van der Waals surface area (Å²) in [6.45, 7) is 0. The van der Waals surface area contributed by atoms with Gasteiger partial charge in [0, 0.05) is 23.3 Å². The van der Waals surface area contributed by atoms with E-state index in [0.717, 1.165) is 12.1 Å². The van der Waals surface area contributed by atoms with E-state index >= 15 is 0 Å². The second kappa shape index (κ2) is 6.20. The second-order valence-electron chi connectivity index (χ2n) is 3.99. The van der Waals surface area contributed by atoms with Gasteiger partial charge in [-0.3, -0.25) is 0 Å². The molecule has 1 N–H and O–H groups in total. The highest BCUT2D eigenvalue weighted by atomic mass is 35.5. The highest BCUT2D eigenvalue weighted by Gasteiger charge is 2.14. The van der Waals surface area contributed by atoms with E-state index in [9.17, 15) is 13.6 Å². The lowest BCUT2D eigenvalue weighted by Gasteiger charge is -2.10. The summed E-state index contributed by atoms with van der Waals surface area (Å²) in [5.41, 5.74) is 0.427. The van der Waals surface area contributed by atoms with E-state index in [4.69, 9.17) is 28.3 Å². The van der Waals surface area contributed by atoms with Crippen molar-refractivity contribution in [2.45, 2.75) is 0 Å². The number of aliphatic carboxylic acids is 1. The van der Waals surface area contributed by atoms with E-state index in [1.54, 1.807) is 0 Å². The van der Waals surface area contributed by atoms with Crippen molar-refractivity contribution in [3.05, 3.63) is 57.8 Å². The Morgan fingerprint density at radius 3 is 2.52 bits per heavy atom. The number of hydrogen-bond donors (Lipinski definition) is 1. The van der Waals surface area contributed by atoms with E-state index in [1.807, 2.05) is 0 Å². The quantitative estimate of drug-likeness (QED) is 0.669. The molecule has 0 atom stereocenters. The number of carboxylic acid groups (broad SMARTS) is 1. The van der Waals surface area contributed by atoms with Crippen molar-refractivity contribution in [3.8, 4) is 11.1 Å². The molecule has 0 unspecified atom stereocenters. The summed E-state index contributed by atoms with van der Waals surface area (Å²) in [7, 11) is 0. The lowest BCUT2D eigenvalue weighted by molar-refractivity contribution is -0.131. The number of rotatable bonds is 3. The lowest BCUT2D eigenvalue weighted by atomic mass is 10.0. The average Bonchev–Trinajstić information content (AvgIpc) is 2.36. The molecule has 0 aliphatic heterocycles. The van der Waals surface area contributed by atoms with Crippen LogP contribution in [0.5, 0.6) is 0 Å². The maximum atomic E-state index is 13.9. The molecule has 21 heavy (non-hydrogen) atoms. The number of nitrogens with zero attached hydrogens (tertiary/aromatic N) is 1. The summed E-state index contributed by atoms with van der Waals surface area (Å²) in [5, 5.41) is 8.59. The van der Waals surface area contributed by atoms with Gasteiger partial charge in [-0.15, -0.1) is 0 Å². The normalized spacial score (nSPS) is 11.0. The first-order valence-corrected chi connectivity index (χ1v) is 6.36. The molecular weight excluding hydrogens is 323 g/mol. The van der Waals surface area contributed by atoms with Gasteiger partial charge in [0.25, 0.3) is 0 Å². The molecule has 0 bridgehead atoms. The van der Waals surface area contributed by atoms with Gasteiger partial charge in [-0.05, 0) is 29.8 Å². The van der Waals surface area contributed by atoms with E-state index in [0.29, 0.717) is 6.07 Å². The third kappa shape index (κ3) is 3.56. The monoisotopic (exact) mass is 329 g/mol. The van der Waals surface area contributed by atoms with Crippen LogP contribution >= 0.6 is 23.2 Å². The maximum Gasteiger partial charge on any atom is 0.328 e. The predicted molar refractivity (Wildman–Crippen MR) is 76.3 cm³/mol. The fourth-order valence-corrected chi connectivity index (χ4v) is 2.23. The van der Waals surface area contributed by atoms with Crippen molar-refractivity contribution >= 4 is 35.2 Å². The molecule has 0 aliphatic carbocycles. The molecule has 0 spiro atoms. The molecule has 0 saturated heterocycles. The first kappa shape index (κ1) is 15.4. The molecule has 2 rings (SSSR count). The van der Waals surface area contributed by atoms with Crippen LogP contribution in [0.4, 0.5) is 8.78 Å². The Hall–Kier alpha value is -1.98. The number of carbonyl (C=O) groups is 1. The largest absolute Gasteiger partial charge is 0.478 e. The molecule has 1 heterocycles. The highest BCUT2D eigenvalue weighted by Crippen LogP contribution is 2.33. The first-order chi connectivity index (χ1) is 9.88. The van der Waals surface area contributed by atoms with E-state index in [2.05, 4.69) is 4.98 Å². The van der Waals surface area contributed by atoms with E-state index < -0.39 is 17.6 Å². The fourth-order valence-electron chi connectivity index (χ4n) is 1.74. The zero-order valence-corrected chi connectivity index (χ0v) is 11.8. The van der Waals surface area contributed by atoms with Crippen molar-refractivity contribution in [1.29, 1.82) is 0 Å². The summed E-state index contributed by atoms with van der Waals surface area (Å²) in [4.78, 5) is 14.4. The van der Waals surface area contributed by atoms with Gasteiger partial charge in [0.15, 0.2) is 0 Å². The Labute approximate surface area is 128 Å². The van der Waals surface area contributed by atoms with Gasteiger partial charge in [0.05, 0.1) is 0 Å². The third-order valence-electron chi connectivity index (χ3n) is 2.59. The average molecular weight is 330 g/mol. The van der Waals surface area contributed by atoms with Gasteiger partial charge in [0.2, 0.25) is 0 Å². The van der Waals surface area contributed by atoms with Gasteiger partial charge >= 0.3 is 5.97 Å². The summed E-state index contributed by atoms with van der Waals surface area (Å²) < 4.78 is 26.9. The second-order valence-corrected chi connectivity index (χ2v) is 4.74. The zero-order valence-electron chi connectivity index (χ0n) is 10.3. The zero-order chi connectivity index (χ0) is 15.6. The van der Waals surface area contributed by atoms with Crippen LogP contribution in [0.25, 0.3) is 17.2 Å². The minimum absolute atomic E-state index is 0.00574. The SMILES string of the molecule is O=C(O)C=Cc1c(-c2ccc(F)cc2F)cc(Cl)nc1Cl. The highest BCUT2D eigenvalue weighted by molar-refractivity contribution is 6.34. The van der Waals surface area contributed by atoms with Crippen LogP contribution in [0.15, 0.2) is 30.3 Å². The molecule has 1 aromatic heterocycles.